The van der Waals surface area contributed by atoms with E-state index in [1.807, 2.05) is 6.08 Å². The largest absolute Gasteiger partial charge is 0.508 e. The van der Waals surface area contributed by atoms with Crippen LogP contribution in [0.15, 0.2) is 23.8 Å². The lowest BCUT2D eigenvalue weighted by Crippen LogP contribution is -2.56. The van der Waals surface area contributed by atoms with E-state index in [1.165, 1.54) is 0 Å². The van der Waals surface area contributed by atoms with Crippen LogP contribution in [-0.4, -0.2) is 76.6 Å². The summed E-state index contributed by atoms with van der Waals surface area (Å²) in [5.41, 5.74) is 0.332. The first-order valence-electron chi connectivity index (χ1n) is 15.8. The standard InChI is InChI=1S/C27H37NO9.C4H7NO5/c1-16-12-20-19-7-6-17-13-18(29)8-9-26(17,2)24(19)21(30)14-27(20,3)23(16)22(31)15-36-25(32)35-10-4-5-11-37-28(33)34;6-4(7)2-1-3-10-5(8)9/h8-9,13,16,19-21,23-24,30H,4-7,10-12,14-15H2,1-3H3;1-3H2,(H,6,7)/t16-,19?,20?,21?,23?,24?,26?,27?;/m1./s1. The van der Waals surface area contributed by atoms with Crippen molar-refractivity contribution in [1.82, 2.24) is 0 Å². The van der Waals surface area contributed by atoms with Crippen molar-refractivity contribution in [1.29, 1.82) is 0 Å². The molecular formula is C31H44N2O14. The number of ketones is 2. The number of carbonyl (C=O) groups excluding carboxylic acids is 3. The number of ether oxygens (including phenoxy) is 2. The van der Waals surface area contributed by atoms with Gasteiger partial charge in [0.25, 0.3) is 10.2 Å². The number of fused-ring (bicyclic) bond motifs is 5. The lowest BCUT2D eigenvalue weighted by molar-refractivity contribution is -0.757. The normalized spacial score (nSPS) is 31.8. The molecule has 4 rings (SSSR count). The summed E-state index contributed by atoms with van der Waals surface area (Å²) in [7, 11) is 0. The molecule has 0 radical (unpaired) electrons. The van der Waals surface area contributed by atoms with Crippen LogP contribution < -0.4 is 0 Å². The van der Waals surface area contributed by atoms with Crippen molar-refractivity contribution in [3.8, 4) is 0 Å². The molecule has 0 saturated heterocycles. The smallest absolute Gasteiger partial charge is 0.481 e. The number of rotatable bonds is 14. The number of hydrogen-bond acceptors (Lipinski definition) is 13. The van der Waals surface area contributed by atoms with Gasteiger partial charge in [-0.1, -0.05) is 32.4 Å². The number of carboxylic acids is 1. The second-order valence-corrected chi connectivity index (χ2v) is 13.2. The van der Waals surface area contributed by atoms with E-state index in [9.17, 15) is 44.5 Å². The van der Waals surface area contributed by atoms with Gasteiger partial charge in [-0.05, 0) is 80.3 Å². The molecule has 0 bridgehead atoms. The SMILES string of the molecule is C[C@@H]1CC2C3CCC4=CC(=O)C=CC4(C)C3C(O)CC2(C)C1C(=O)COC(=O)OCCCCO[N+](=O)[O-].O=C(O)CCCO[N+](=O)[O-]. The van der Waals surface area contributed by atoms with Crippen LogP contribution >= 0.6 is 0 Å². The zero-order chi connectivity index (χ0) is 34.9. The average molecular weight is 669 g/mol. The lowest BCUT2D eigenvalue weighted by Gasteiger charge is -2.58. The molecule has 16 heteroatoms. The second-order valence-electron chi connectivity index (χ2n) is 13.2. The number of hydrogen-bond donors (Lipinski definition) is 2. The first kappa shape index (κ1) is 37.4. The highest BCUT2D eigenvalue weighted by Gasteiger charge is 2.64. The van der Waals surface area contributed by atoms with E-state index in [1.54, 1.807) is 12.2 Å². The summed E-state index contributed by atoms with van der Waals surface area (Å²) in [6.45, 7) is 5.68. The average Bonchev–Trinajstić information content (AvgIpc) is 3.25. The number of aliphatic hydroxyl groups excluding tert-OH is 1. The molecule has 0 aromatic heterocycles. The van der Waals surface area contributed by atoms with Crippen molar-refractivity contribution in [3.63, 3.8) is 0 Å². The Bertz CT molecular complexity index is 1250. The second kappa shape index (κ2) is 16.2. The Morgan fingerprint density at radius 1 is 1.02 bits per heavy atom. The van der Waals surface area contributed by atoms with Crippen LogP contribution in [0, 0.1) is 60.6 Å². The zero-order valence-corrected chi connectivity index (χ0v) is 26.9. The molecule has 0 aromatic rings. The number of carbonyl (C=O) groups is 4. The summed E-state index contributed by atoms with van der Waals surface area (Å²) in [5.74, 6) is -0.906. The highest BCUT2D eigenvalue weighted by molar-refractivity contribution is 6.01. The highest BCUT2D eigenvalue weighted by Crippen LogP contribution is 2.67. The molecule has 2 N–H and O–H groups in total. The van der Waals surface area contributed by atoms with E-state index < -0.39 is 33.8 Å². The van der Waals surface area contributed by atoms with Crippen LogP contribution in [-0.2, 0) is 33.5 Å². The number of allylic oxidation sites excluding steroid dienone is 4. The predicted molar refractivity (Wildman–Crippen MR) is 160 cm³/mol. The van der Waals surface area contributed by atoms with Gasteiger partial charge >= 0.3 is 12.1 Å². The summed E-state index contributed by atoms with van der Waals surface area (Å²) in [4.78, 5) is 74.8. The van der Waals surface area contributed by atoms with Gasteiger partial charge in [-0.3, -0.25) is 14.4 Å². The Labute approximate surface area is 271 Å². The predicted octanol–water partition coefficient (Wildman–Crippen LogP) is 3.90. The molecule has 0 aromatic carbocycles. The third-order valence-corrected chi connectivity index (χ3v) is 10.2. The Kier molecular flexibility index (Phi) is 12.8. The maximum absolute atomic E-state index is 13.3. The monoisotopic (exact) mass is 668 g/mol. The molecule has 4 aliphatic rings. The van der Waals surface area contributed by atoms with E-state index in [-0.39, 0.29) is 85.8 Å². The van der Waals surface area contributed by atoms with Gasteiger partial charge in [0.05, 0.1) is 25.9 Å². The van der Waals surface area contributed by atoms with Crippen molar-refractivity contribution >= 4 is 23.7 Å². The number of unbranched alkanes of at least 4 members (excludes halogenated alkanes) is 1. The van der Waals surface area contributed by atoms with Gasteiger partial charge in [-0.2, -0.15) is 0 Å². The van der Waals surface area contributed by atoms with Crippen molar-refractivity contribution in [2.24, 2.45) is 40.4 Å². The van der Waals surface area contributed by atoms with Crippen LogP contribution in [0.5, 0.6) is 0 Å². The zero-order valence-electron chi connectivity index (χ0n) is 26.9. The quantitative estimate of drug-likeness (QED) is 0.116. The third-order valence-electron chi connectivity index (χ3n) is 10.2. The molecule has 3 fully saturated rings. The van der Waals surface area contributed by atoms with E-state index >= 15 is 0 Å². The fourth-order valence-electron chi connectivity index (χ4n) is 8.50. The first-order chi connectivity index (χ1) is 22.1. The molecule has 3 saturated carbocycles. The lowest BCUT2D eigenvalue weighted by atomic mass is 9.46. The number of nitrogens with zero attached hydrogens (tertiary/aromatic N) is 2. The van der Waals surface area contributed by atoms with Gasteiger partial charge in [0.15, 0.2) is 18.2 Å². The Hall–Kier alpha value is -4.08. The maximum atomic E-state index is 13.3. The number of Topliss-reactive ketones (excluding diaryl/α,β-unsaturated/α-hetero) is 1. The van der Waals surface area contributed by atoms with Crippen LogP contribution in [0.4, 0.5) is 4.79 Å². The molecular weight excluding hydrogens is 624 g/mol. The van der Waals surface area contributed by atoms with Gasteiger partial charge in [0.1, 0.15) is 0 Å². The minimum absolute atomic E-state index is 0.00189. The van der Waals surface area contributed by atoms with Crippen LogP contribution in [0.2, 0.25) is 0 Å². The van der Waals surface area contributed by atoms with Crippen LogP contribution in [0.25, 0.3) is 0 Å². The molecule has 8 atom stereocenters. The van der Waals surface area contributed by atoms with Gasteiger partial charge in [0, 0.05) is 23.7 Å². The summed E-state index contributed by atoms with van der Waals surface area (Å²) in [6, 6.07) is 0. The fourth-order valence-corrected chi connectivity index (χ4v) is 8.50. The van der Waals surface area contributed by atoms with Crippen molar-refractivity contribution in [2.45, 2.75) is 78.2 Å². The summed E-state index contributed by atoms with van der Waals surface area (Å²) >= 11 is 0. The highest BCUT2D eigenvalue weighted by atomic mass is 17.0. The minimum Gasteiger partial charge on any atom is -0.481 e. The molecule has 16 nitrogen and oxygen atoms in total. The van der Waals surface area contributed by atoms with E-state index in [0.29, 0.717) is 19.3 Å². The topological polar surface area (TPSA) is 232 Å². The summed E-state index contributed by atoms with van der Waals surface area (Å²) < 4.78 is 10.1. The van der Waals surface area contributed by atoms with Crippen LogP contribution in [0.3, 0.4) is 0 Å². The van der Waals surface area contributed by atoms with Gasteiger partial charge in [0.2, 0.25) is 0 Å². The van der Waals surface area contributed by atoms with Gasteiger partial charge in [-0.25, -0.2) is 4.79 Å². The van der Waals surface area contributed by atoms with Crippen molar-refractivity contribution < 1.29 is 58.7 Å². The van der Waals surface area contributed by atoms with Crippen molar-refractivity contribution in [2.75, 3.05) is 26.4 Å². The van der Waals surface area contributed by atoms with Gasteiger partial charge in [-0.15, -0.1) is 20.2 Å². The third kappa shape index (κ3) is 9.26. The van der Waals surface area contributed by atoms with Crippen LogP contribution in [0.1, 0.15) is 72.1 Å². The number of aliphatic hydroxyl groups is 1. The molecule has 47 heavy (non-hydrogen) atoms. The number of carboxylic acid groups (broad SMARTS) is 1. The summed E-state index contributed by atoms with van der Waals surface area (Å²) in [6.07, 6.45) is 7.60. The molecule has 4 aliphatic carbocycles. The Morgan fingerprint density at radius 3 is 2.30 bits per heavy atom. The molecule has 7 unspecified atom stereocenters. The maximum Gasteiger partial charge on any atom is 0.508 e. The van der Waals surface area contributed by atoms with Crippen molar-refractivity contribution in [3.05, 3.63) is 44.0 Å². The molecule has 0 aliphatic heterocycles. The van der Waals surface area contributed by atoms with Gasteiger partial charge < -0.3 is 29.4 Å². The summed E-state index contributed by atoms with van der Waals surface area (Å²) in [5, 5.41) is 37.3. The van der Waals surface area contributed by atoms with E-state index in [2.05, 4.69) is 30.4 Å². The molecule has 0 amide bonds. The minimum atomic E-state index is -0.980. The molecule has 262 valence electrons. The first-order valence-corrected chi connectivity index (χ1v) is 15.8. The Balaban J connectivity index is 0.000000520. The number of aliphatic carboxylic acids is 1. The Morgan fingerprint density at radius 2 is 1.66 bits per heavy atom. The molecule has 0 heterocycles. The van der Waals surface area contributed by atoms with E-state index in [4.69, 9.17) is 14.6 Å². The van der Waals surface area contributed by atoms with E-state index in [0.717, 1.165) is 24.8 Å². The molecule has 0 spiro atoms. The fraction of sp³-hybridized carbons (Fsp3) is 0.742.